The van der Waals surface area contributed by atoms with Gasteiger partial charge in [-0.1, -0.05) is 146 Å². The molecule has 0 aliphatic heterocycles. The van der Waals surface area contributed by atoms with Gasteiger partial charge < -0.3 is 4.57 Å². The lowest BCUT2D eigenvalue weighted by Crippen LogP contribution is -2.01. The summed E-state index contributed by atoms with van der Waals surface area (Å²) in [4.78, 5) is 14.8. The van der Waals surface area contributed by atoms with Gasteiger partial charge in [0.15, 0.2) is 5.82 Å². The van der Waals surface area contributed by atoms with Gasteiger partial charge in [-0.05, 0) is 46.2 Å². The number of nitrogens with zero attached hydrogens (tertiary/aromatic N) is 4. The zero-order chi connectivity index (χ0) is 33.7. The number of aromatic nitrogens is 4. The first-order valence-corrected chi connectivity index (χ1v) is 17.2. The number of para-hydroxylation sites is 2. The van der Waals surface area contributed by atoms with Gasteiger partial charge in [0.25, 0.3) is 0 Å². The molecule has 0 fully saturated rings. The van der Waals surface area contributed by atoms with Crippen LogP contribution in [0.15, 0.2) is 182 Å². The molecule has 4 heteroatoms. The number of benzene rings is 7. The Balaban J connectivity index is 1.26. The van der Waals surface area contributed by atoms with E-state index in [-0.39, 0.29) is 0 Å². The molecule has 0 radical (unpaired) electrons. The van der Waals surface area contributed by atoms with Crippen LogP contribution in [-0.4, -0.2) is 19.5 Å². The van der Waals surface area contributed by atoms with E-state index in [0.29, 0.717) is 5.82 Å². The topological polar surface area (TPSA) is 43.6 Å². The van der Waals surface area contributed by atoms with Gasteiger partial charge in [-0.15, -0.1) is 0 Å². The predicted octanol–water partition coefficient (Wildman–Crippen LogP) is 11.9. The Bertz CT molecular complexity index is 2780. The van der Waals surface area contributed by atoms with Crippen LogP contribution in [0.2, 0.25) is 0 Å². The third-order valence-electron chi connectivity index (χ3n) is 9.90. The quantitative estimate of drug-likeness (QED) is 0.174. The zero-order valence-corrected chi connectivity index (χ0v) is 27.6. The lowest BCUT2D eigenvalue weighted by molar-refractivity contribution is 1.18. The third-order valence-corrected chi connectivity index (χ3v) is 9.90. The van der Waals surface area contributed by atoms with E-state index in [1.807, 2.05) is 30.5 Å². The van der Waals surface area contributed by atoms with Gasteiger partial charge in [0.2, 0.25) is 0 Å². The highest BCUT2D eigenvalue weighted by Crippen LogP contribution is 2.44. The second-order valence-corrected chi connectivity index (χ2v) is 12.8. The highest BCUT2D eigenvalue weighted by molar-refractivity contribution is 6.20. The van der Waals surface area contributed by atoms with Crippen LogP contribution in [-0.2, 0) is 0 Å². The lowest BCUT2D eigenvalue weighted by atomic mass is 9.92. The molecule has 10 rings (SSSR count). The van der Waals surface area contributed by atoms with Crippen LogP contribution in [0.5, 0.6) is 0 Å². The van der Waals surface area contributed by atoms with Gasteiger partial charge in [0.05, 0.1) is 28.1 Å². The normalized spacial score (nSPS) is 11.5. The van der Waals surface area contributed by atoms with E-state index in [4.69, 9.17) is 9.97 Å². The first kappa shape index (κ1) is 29.0. The van der Waals surface area contributed by atoms with Gasteiger partial charge >= 0.3 is 0 Å². The van der Waals surface area contributed by atoms with E-state index < -0.39 is 0 Å². The smallest absolute Gasteiger partial charge is 0.160 e. The van der Waals surface area contributed by atoms with Crippen molar-refractivity contribution in [3.8, 4) is 50.7 Å². The van der Waals surface area contributed by atoms with Crippen molar-refractivity contribution in [2.45, 2.75) is 0 Å². The van der Waals surface area contributed by atoms with Crippen LogP contribution in [0.1, 0.15) is 0 Å². The summed E-state index contributed by atoms with van der Waals surface area (Å²) in [5.41, 5.74) is 10.6. The highest BCUT2D eigenvalue weighted by Gasteiger charge is 2.22. The van der Waals surface area contributed by atoms with Crippen molar-refractivity contribution in [2.24, 2.45) is 0 Å². The van der Waals surface area contributed by atoms with Crippen LogP contribution < -0.4 is 0 Å². The maximum atomic E-state index is 5.33. The van der Waals surface area contributed by atoms with E-state index in [2.05, 4.69) is 155 Å². The summed E-state index contributed by atoms with van der Waals surface area (Å²) in [6.07, 6.45) is 3.69. The van der Waals surface area contributed by atoms with Gasteiger partial charge in [-0.25, -0.2) is 9.97 Å². The van der Waals surface area contributed by atoms with Crippen molar-refractivity contribution in [3.63, 3.8) is 0 Å². The number of hydrogen-bond acceptors (Lipinski definition) is 3. The Kier molecular flexibility index (Phi) is 6.78. The number of hydrogen-bond donors (Lipinski definition) is 0. The molecule has 4 nitrogen and oxygen atoms in total. The van der Waals surface area contributed by atoms with E-state index in [9.17, 15) is 0 Å². The molecule has 3 heterocycles. The minimum atomic E-state index is 0.694. The first-order valence-electron chi connectivity index (χ1n) is 17.2. The fourth-order valence-corrected chi connectivity index (χ4v) is 7.59. The monoisotopic (exact) mass is 650 g/mol. The molecule has 3 aromatic heterocycles. The summed E-state index contributed by atoms with van der Waals surface area (Å²) >= 11 is 0. The fourth-order valence-electron chi connectivity index (χ4n) is 7.59. The summed E-state index contributed by atoms with van der Waals surface area (Å²) in [6, 6.07) is 60.0. The Morgan fingerprint density at radius 2 is 0.882 bits per heavy atom. The van der Waals surface area contributed by atoms with Crippen molar-refractivity contribution in [1.82, 2.24) is 19.5 Å². The number of pyridine rings is 1. The zero-order valence-electron chi connectivity index (χ0n) is 27.6. The summed E-state index contributed by atoms with van der Waals surface area (Å²) in [6.45, 7) is 0. The minimum Gasteiger partial charge on any atom is -0.308 e. The fraction of sp³-hybridized carbons (Fsp3) is 0. The molecule has 0 saturated heterocycles. The van der Waals surface area contributed by atoms with Crippen molar-refractivity contribution in [2.75, 3.05) is 0 Å². The molecular weight excluding hydrogens is 621 g/mol. The second-order valence-electron chi connectivity index (χ2n) is 12.8. The van der Waals surface area contributed by atoms with Crippen molar-refractivity contribution in [3.05, 3.63) is 182 Å². The Hall–Kier alpha value is -6.91. The summed E-state index contributed by atoms with van der Waals surface area (Å²) in [5.74, 6) is 0.694. The summed E-state index contributed by atoms with van der Waals surface area (Å²) in [5, 5.41) is 7.10. The maximum Gasteiger partial charge on any atom is 0.160 e. The van der Waals surface area contributed by atoms with Crippen LogP contribution in [0.3, 0.4) is 0 Å². The molecule has 0 atom stereocenters. The maximum absolute atomic E-state index is 5.33. The molecule has 10 aromatic rings. The predicted molar refractivity (Wildman–Crippen MR) is 211 cm³/mol. The van der Waals surface area contributed by atoms with Crippen molar-refractivity contribution < 1.29 is 0 Å². The minimum absolute atomic E-state index is 0.694. The average molecular weight is 651 g/mol. The molecule has 0 N–H and O–H groups in total. The van der Waals surface area contributed by atoms with E-state index >= 15 is 0 Å². The van der Waals surface area contributed by atoms with Gasteiger partial charge in [-0.3, -0.25) is 4.98 Å². The molecule has 0 bridgehead atoms. The molecule has 0 spiro atoms. The first-order chi connectivity index (χ1) is 25.3. The number of fused-ring (bicyclic) bond motifs is 5. The van der Waals surface area contributed by atoms with Gasteiger partial charge in [0.1, 0.15) is 0 Å². The Morgan fingerprint density at radius 1 is 0.373 bits per heavy atom. The highest BCUT2D eigenvalue weighted by atomic mass is 15.0. The second kappa shape index (κ2) is 11.9. The Labute approximate surface area is 295 Å². The average Bonchev–Trinajstić information content (AvgIpc) is 3.54. The van der Waals surface area contributed by atoms with Crippen LogP contribution >= 0.6 is 0 Å². The molecule has 0 aliphatic rings. The molecular formula is C47H30N4. The molecule has 7 aromatic carbocycles. The van der Waals surface area contributed by atoms with E-state index in [1.165, 1.54) is 38.3 Å². The van der Waals surface area contributed by atoms with E-state index in [1.54, 1.807) is 6.20 Å². The molecule has 0 saturated carbocycles. The third kappa shape index (κ3) is 4.80. The van der Waals surface area contributed by atoms with E-state index in [0.717, 1.165) is 50.0 Å². The summed E-state index contributed by atoms with van der Waals surface area (Å²) in [7, 11) is 0. The van der Waals surface area contributed by atoms with Crippen LogP contribution in [0.4, 0.5) is 0 Å². The number of rotatable bonds is 5. The molecule has 0 unspecified atom stereocenters. The molecule has 0 aliphatic carbocycles. The van der Waals surface area contributed by atoms with Crippen LogP contribution in [0.25, 0.3) is 94.1 Å². The van der Waals surface area contributed by atoms with Crippen molar-refractivity contribution >= 4 is 43.4 Å². The molecule has 0 amide bonds. The van der Waals surface area contributed by atoms with Crippen LogP contribution in [0, 0.1) is 0 Å². The standard InChI is InChI=1S/C47H30N4/c1-2-13-33(14-3-1)47-49-41(32-26-24-31(25-27-32)34-15-12-28-48-30-34)29-42(50-47)45-37-18-4-6-20-39(37)46(40-21-7-5-19-38(40)45)51-43-22-10-8-16-35(43)36-17-9-11-23-44(36)51/h1-30H. The largest absolute Gasteiger partial charge is 0.308 e. The van der Waals surface area contributed by atoms with Gasteiger partial charge in [0, 0.05) is 50.6 Å². The SMILES string of the molecule is c1ccc(-c2nc(-c3ccc(-c4cccnc4)cc3)cc(-c3c4ccccc4c(-n4c5ccccc5c5ccccc54)c4ccccc34)n2)cc1. The molecule has 51 heavy (non-hydrogen) atoms. The lowest BCUT2D eigenvalue weighted by Gasteiger charge is -2.19. The van der Waals surface area contributed by atoms with Gasteiger partial charge in [-0.2, -0.15) is 0 Å². The molecule has 238 valence electrons. The Morgan fingerprint density at radius 3 is 1.49 bits per heavy atom. The van der Waals surface area contributed by atoms with Crippen molar-refractivity contribution in [1.29, 1.82) is 0 Å². The summed E-state index contributed by atoms with van der Waals surface area (Å²) < 4.78 is 2.45.